The van der Waals surface area contributed by atoms with Crippen LogP contribution in [0.25, 0.3) is 0 Å². The van der Waals surface area contributed by atoms with Crippen molar-refractivity contribution in [2.24, 2.45) is 5.92 Å². The quantitative estimate of drug-likeness (QED) is 0.355. The number of nitrogens with zero attached hydrogens (tertiary/aromatic N) is 2. The van der Waals surface area contributed by atoms with E-state index in [0.29, 0.717) is 35.0 Å². The highest BCUT2D eigenvalue weighted by Crippen LogP contribution is 2.28. The number of hydrogen-bond donors (Lipinski definition) is 1. The highest BCUT2D eigenvalue weighted by atomic mass is 35.5. The van der Waals surface area contributed by atoms with Crippen molar-refractivity contribution in [2.75, 3.05) is 30.8 Å². The summed E-state index contributed by atoms with van der Waals surface area (Å²) in [7, 11) is -2.02. The largest absolute Gasteiger partial charge is 0.497 e. The van der Waals surface area contributed by atoms with Crippen LogP contribution in [0.2, 0.25) is 5.02 Å². The molecule has 0 aliphatic rings. The van der Waals surface area contributed by atoms with Crippen LogP contribution in [0.3, 0.4) is 0 Å². The lowest BCUT2D eigenvalue weighted by atomic mass is 10.1. The number of nitrogens with one attached hydrogen (secondary N) is 1. The molecule has 0 aromatic heterocycles. The molecule has 38 heavy (non-hydrogen) atoms. The van der Waals surface area contributed by atoms with E-state index in [1.54, 1.807) is 37.1 Å². The number of methoxy groups -OCH3 is 1. The monoisotopic (exact) mass is 565 g/mol. The van der Waals surface area contributed by atoms with Crippen LogP contribution in [0, 0.1) is 12.8 Å². The van der Waals surface area contributed by atoms with Gasteiger partial charge in [-0.05, 0) is 61.1 Å². The van der Waals surface area contributed by atoms with Gasteiger partial charge in [0.05, 0.1) is 19.1 Å². The van der Waals surface area contributed by atoms with Crippen molar-refractivity contribution in [3.8, 4) is 5.75 Å². The summed E-state index contributed by atoms with van der Waals surface area (Å²) in [6, 6.07) is 11.8. The summed E-state index contributed by atoms with van der Waals surface area (Å²) in [6.45, 7) is 8.54. The Hall–Kier alpha value is -2.78. The summed E-state index contributed by atoms with van der Waals surface area (Å²) in [4.78, 5) is 28.2. The molecule has 2 rings (SSSR count). The van der Waals surface area contributed by atoms with Gasteiger partial charge in [-0.1, -0.05) is 50.6 Å². The Morgan fingerprint density at radius 3 is 2.32 bits per heavy atom. The maximum atomic E-state index is 13.5. The highest BCUT2D eigenvalue weighted by molar-refractivity contribution is 7.92. The van der Waals surface area contributed by atoms with Gasteiger partial charge in [0.2, 0.25) is 21.8 Å². The Kier molecular flexibility index (Phi) is 11.9. The van der Waals surface area contributed by atoms with E-state index >= 15 is 0 Å². The molecule has 8 nitrogen and oxygen atoms in total. The zero-order valence-corrected chi connectivity index (χ0v) is 24.7. The van der Waals surface area contributed by atoms with Gasteiger partial charge in [0.25, 0.3) is 0 Å². The molecule has 2 amide bonds. The summed E-state index contributed by atoms with van der Waals surface area (Å²) >= 11 is 6.23. The third kappa shape index (κ3) is 8.91. The van der Waals surface area contributed by atoms with Gasteiger partial charge in [0.1, 0.15) is 11.8 Å². The van der Waals surface area contributed by atoms with E-state index in [0.717, 1.165) is 11.8 Å². The molecule has 0 aliphatic heterocycles. The molecule has 0 bridgehead atoms. The first-order valence-corrected chi connectivity index (χ1v) is 15.0. The number of benzene rings is 2. The summed E-state index contributed by atoms with van der Waals surface area (Å²) in [5.74, 6) is 0.559. The van der Waals surface area contributed by atoms with E-state index in [4.69, 9.17) is 16.3 Å². The molecule has 2 aromatic carbocycles. The molecule has 1 N–H and O–H groups in total. The Labute approximate surface area is 232 Å². The third-order valence-electron chi connectivity index (χ3n) is 6.24. The van der Waals surface area contributed by atoms with Crippen molar-refractivity contribution in [1.82, 2.24) is 10.2 Å². The number of amides is 2. The molecule has 1 atom stereocenters. The van der Waals surface area contributed by atoms with E-state index in [9.17, 15) is 18.0 Å². The minimum atomic E-state index is -3.61. The summed E-state index contributed by atoms with van der Waals surface area (Å²) in [6.07, 6.45) is 1.94. The molecular formula is C28H40ClN3O5S. The van der Waals surface area contributed by atoms with Crippen molar-refractivity contribution < 1.29 is 22.7 Å². The van der Waals surface area contributed by atoms with E-state index in [-0.39, 0.29) is 43.7 Å². The number of carbonyl (C=O) groups excluding carboxylic acids is 2. The SMILES string of the molecule is CC[C@@H](C(=O)NCC(C)C)N(Cc1ccc(OC)cc1)C(=O)CCCN(c1cccc(Cl)c1C)S(C)(=O)=O. The first-order chi connectivity index (χ1) is 17.9. The van der Waals surface area contributed by atoms with Crippen molar-refractivity contribution in [3.05, 3.63) is 58.6 Å². The Bertz CT molecular complexity index is 1190. The summed E-state index contributed by atoms with van der Waals surface area (Å²) < 4.78 is 31.7. The molecule has 10 heteroatoms. The average Bonchev–Trinajstić information content (AvgIpc) is 2.86. The van der Waals surface area contributed by atoms with Gasteiger partial charge in [-0.2, -0.15) is 0 Å². The van der Waals surface area contributed by atoms with Crippen LogP contribution in [-0.4, -0.2) is 57.6 Å². The highest BCUT2D eigenvalue weighted by Gasteiger charge is 2.29. The lowest BCUT2D eigenvalue weighted by molar-refractivity contribution is -0.141. The maximum absolute atomic E-state index is 13.5. The second-order valence-corrected chi connectivity index (χ2v) is 12.1. The number of anilines is 1. The van der Waals surface area contributed by atoms with Gasteiger partial charge in [-0.15, -0.1) is 0 Å². The number of ether oxygens (including phenoxy) is 1. The van der Waals surface area contributed by atoms with Crippen LogP contribution in [-0.2, 0) is 26.2 Å². The molecule has 0 heterocycles. The number of hydrogen-bond acceptors (Lipinski definition) is 5. The van der Waals surface area contributed by atoms with Crippen molar-refractivity contribution >= 4 is 39.1 Å². The van der Waals surface area contributed by atoms with Gasteiger partial charge >= 0.3 is 0 Å². The van der Waals surface area contributed by atoms with Crippen LogP contribution in [0.4, 0.5) is 5.69 Å². The lowest BCUT2D eigenvalue weighted by Gasteiger charge is -2.31. The topological polar surface area (TPSA) is 96.0 Å². The smallest absolute Gasteiger partial charge is 0.242 e. The number of halogens is 1. The fourth-order valence-electron chi connectivity index (χ4n) is 4.12. The van der Waals surface area contributed by atoms with Crippen molar-refractivity contribution in [3.63, 3.8) is 0 Å². The van der Waals surface area contributed by atoms with Crippen LogP contribution < -0.4 is 14.4 Å². The summed E-state index contributed by atoms with van der Waals surface area (Å²) in [5, 5.41) is 3.42. The van der Waals surface area contributed by atoms with E-state index < -0.39 is 16.1 Å². The molecule has 0 radical (unpaired) electrons. The molecule has 0 saturated carbocycles. The zero-order chi connectivity index (χ0) is 28.5. The summed E-state index contributed by atoms with van der Waals surface area (Å²) in [5.41, 5.74) is 2.00. The van der Waals surface area contributed by atoms with Gasteiger partial charge in [0, 0.05) is 31.1 Å². The fraction of sp³-hybridized carbons (Fsp3) is 0.500. The standard InChI is InChI=1S/C28H40ClN3O5S/c1-7-25(28(34)30-18-20(2)3)31(19-22-13-15-23(37-5)16-14-22)27(33)12-9-17-32(38(6,35)36)26-11-8-10-24(29)21(26)4/h8,10-11,13-16,20,25H,7,9,12,17-19H2,1-6H3,(H,30,34)/t25-/m0/s1. The Balaban J connectivity index is 2.25. The van der Waals surface area contributed by atoms with Crippen LogP contribution >= 0.6 is 11.6 Å². The number of carbonyl (C=O) groups is 2. The Morgan fingerprint density at radius 2 is 1.76 bits per heavy atom. The minimum Gasteiger partial charge on any atom is -0.497 e. The number of rotatable bonds is 14. The van der Waals surface area contributed by atoms with E-state index in [2.05, 4.69) is 5.32 Å². The molecule has 0 unspecified atom stereocenters. The van der Waals surface area contributed by atoms with E-state index in [1.165, 1.54) is 4.31 Å². The molecule has 210 valence electrons. The second kappa shape index (κ2) is 14.4. The predicted molar refractivity (Wildman–Crippen MR) is 153 cm³/mol. The molecule has 0 fully saturated rings. The number of sulfonamides is 1. The zero-order valence-electron chi connectivity index (χ0n) is 23.2. The average molecular weight is 566 g/mol. The first kappa shape index (κ1) is 31.4. The molecule has 0 saturated heterocycles. The minimum absolute atomic E-state index is 0.0791. The predicted octanol–water partition coefficient (Wildman–Crippen LogP) is 4.78. The van der Waals surface area contributed by atoms with Gasteiger partial charge in [-0.3, -0.25) is 13.9 Å². The maximum Gasteiger partial charge on any atom is 0.242 e. The van der Waals surface area contributed by atoms with Crippen LogP contribution in [0.5, 0.6) is 5.75 Å². The van der Waals surface area contributed by atoms with Crippen LogP contribution in [0.15, 0.2) is 42.5 Å². The van der Waals surface area contributed by atoms with Gasteiger partial charge in [-0.25, -0.2) is 8.42 Å². The second-order valence-electron chi connectivity index (χ2n) is 9.76. The first-order valence-electron chi connectivity index (χ1n) is 12.8. The Morgan fingerprint density at radius 1 is 1.11 bits per heavy atom. The molecular weight excluding hydrogens is 526 g/mol. The molecule has 2 aromatic rings. The fourth-order valence-corrected chi connectivity index (χ4v) is 5.30. The van der Waals surface area contributed by atoms with E-state index in [1.807, 2.05) is 45.0 Å². The van der Waals surface area contributed by atoms with Crippen molar-refractivity contribution in [1.29, 1.82) is 0 Å². The van der Waals surface area contributed by atoms with Crippen LogP contribution in [0.1, 0.15) is 51.2 Å². The molecule has 0 spiro atoms. The van der Waals surface area contributed by atoms with Crippen molar-refractivity contribution in [2.45, 2.75) is 59.5 Å². The molecule has 0 aliphatic carbocycles. The van der Waals surface area contributed by atoms with Gasteiger partial charge in [0.15, 0.2) is 0 Å². The third-order valence-corrected chi connectivity index (χ3v) is 7.83. The van der Waals surface area contributed by atoms with Gasteiger partial charge < -0.3 is 15.0 Å². The lowest BCUT2D eigenvalue weighted by Crippen LogP contribution is -2.49. The normalized spacial score (nSPS) is 12.2.